The van der Waals surface area contributed by atoms with Gasteiger partial charge in [0.25, 0.3) is 5.91 Å². The Kier molecular flexibility index (Phi) is 9.02. The maximum Gasteiger partial charge on any atom is 0.266 e. The lowest BCUT2D eigenvalue weighted by Crippen LogP contribution is -2.30. The van der Waals surface area contributed by atoms with Gasteiger partial charge < -0.3 is 14.2 Å². The van der Waals surface area contributed by atoms with E-state index in [0.29, 0.717) is 64.9 Å². The number of benzene rings is 2. The van der Waals surface area contributed by atoms with Crippen LogP contribution < -0.4 is 9.47 Å². The monoisotopic (exact) mass is 474 g/mol. The number of hydrogen-bond acceptors (Lipinski definition) is 6. The highest BCUT2D eigenvalue weighted by atomic mass is 35.5. The summed E-state index contributed by atoms with van der Waals surface area (Å²) < 4.78 is 16.5. The van der Waals surface area contributed by atoms with Crippen LogP contribution in [0.5, 0.6) is 11.5 Å². The number of rotatable bonds is 10. The molecule has 0 aliphatic carbocycles. The van der Waals surface area contributed by atoms with Gasteiger partial charge in [-0.05, 0) is 61.9 Å². The standard InChI is InChI=1S/C24H27ClN2O4S/c1-4-30-20-14-17(19(25)16-21(20)31-5-2)15-22-23(28)27(12-9-13-29-3)24(32-22)26-18-10-7-6-8-11-18/h6-8,10-11,14-16H,4-5,9,12-13H2,1-3H3/b22-15-,26-24?. The number of carbonyl (C=O) groups excluding carboxylic acids is 1. The van der Waals surface area contributed by atoms with Crippen LogP contribution >= 0.6 is 23.4 Å². The molecule has 0 bridgehead atoms. The maximum absolute atomic E-state index is 13.2. The largest absolute Gasteiger partial charge is 0.490 e. The molecule has 32 heavy (non-hydrogen) atoms. The van der Waals surface area contributed by atoms with Crippen LogP contribution in [0.2, 0.25) is 5.02 Å². The van der Waals surface area contributed by atoms with Crippen molar-refractivity contribution in [3.63, 3.8) is 0 Å². The molecular weight excluding hydrogens is 448 g/mol. The predicted octanol–water partition coefficient (Wildman–Crippen LogP) is 5.78. The molecule has 1 saturated heterocycles. The van der Waals surface area contributed by atoms with Crippen molar-refractivity contribution >= 4 is 46.2 Å². The van der Waals surface area contributed by atoms with Crippen LogP contribution in [0.15, 0.2) is 52.4 Å². The fraction of sp³-hybridized carbons (Fsp3) is 0.333. The highest BCUT2D eigenvalue weighted by Gasteiger charge is 2.33. The summed E-state index contributed by atoms with van der Waals surface area (Å²) in [6, 6.07) is 13.1. The average Bonchev–Trinajstić information content (AvgIpc) is 3.07. The minimum atomic E-state index is -0.108. The summed E-state index contributed by atoms with van der Waals surface area (Å²) in [7, 11) is 1.65. The van der Waals surface area contributed by atoms with Crippen molar-refractivity contribution in [2.45, 2.75) is 20.3 Å². The third-order valence-corrected chi connectivity index (χ3v) is 5.88. The molecule has 6 nitrogen and oxygen atoms in total. The van der Waals surface area contributed by atoms with Gasteiger partial charge in [-0.3, -0.25) is 9.69 Å². The van der Waals surface area contributed by atoms with E-state index in [0.717, 1.165) is 5.69 Å². The molecule has 1 amide bonds. The lowest BCUT2D eigenvalue weighted by molar-refractivity contribution is -0.122. The Balaban J connectivity index is 1.95. The first-order valence-electron chi connectivity index (χ1n) is 10.5. The summed E-state index contributed by atoms with van der Waals surface area (Å²) in [5.74, 6) is 1.07. The molecule has 2 aromatic carbocycles. The Morgan fingerprint density at radius 2 is 1.78 bits per heavy atom. The Bertz CT molecular complexity index is 995. The van der Waals surface area contributed by atoms with Gasteiger partial charge in [-0.2, -0.15) is 0 Å². The quantitative estimate of drug-likeness (QED) is 0.323. The zero-order valence-corrected chi connectivity index (χ0v) is 20.0. The van der Waals surface area contributed by atoms with Gasteiger partial charge in [0, 0.05) is 26.3 Å². The second kappa shape index (κ2) is 11.9. The van der Waals surface area contributed by atoms with E-state index in [-0.39, 0.29) is 5.91 Å². The Labute approximate surface area is 198 Å². The van der Waals surface area contributed by atoms with E-state index in [9.17, 15) is 4.79 Å². The molecule has 0 saturated carbocycles. The average molecular weight is 475 g/mol. The Morgan fingerprint density at radius 3 is 2.44 bits per heavy atom. The van der Waals surface area contributed by atoms with Gasteiger partial charge in [-0.25, -0.2) is 4.99 Å². The molecular formula is C24H27ClN2O4S. The van der Waals surface area contributed by atoms with Gasteiger partial charge in [-0.1, -0.05) is 29.8 Å². The van der Waals surface area contributed by atoms with Crippen LogP contribution in [0.1, 0.15) is 25.8 Å². The molecule has 2 aromatic rings. The molecule has 170 valence electrons. The lowest BCUT2D eigenvalue weighted by atomic mass is 10.1. The molecule has 8 heteroatoms. The molecule has 1 heterocycles. The smallest absolute Gasteiger partial charge is 0.266 e. The van der Waals surface area contributed by atoms with E-state index < -0.39 is 0 Å². The van der Waals surface area contributed by atoms with E-state index in [2.05, 4.69) is 0 Å². The number of methoxy groups -OCH3 is 1. The molecule has 0 N–H and O–H groups in total. The third kappa shape index (κ3) is 6.06. The van der Waals surface area contributed by atoms with Crippen LogP contribution in [-0.2, 0) is 9.53 Å². The first-order valence-corrected chi connectivity index (χ1v) is 11.7. The fourth-order valence-corrected chi connectivity index (χ4v) is 4.33. The van der Waals surface area contributed by atoms with Crippen molar-refractivity contribution in [2.24, 2.45) is 4.99 Å². The normalized spacial score (nSPS) is 16.2. The number of aliphatic imine (C=N–C) groups is 1. The van der Waals surface area contributed by atoms with Gasteiger partial charge in [-0.15, -0.1) is 0 Å². The summed E-state index contributed by atoms with van der Waals surface area (Å²) >= 11 is 7.84. The number of ether oxygens (including phenoxy) is 3. The fourth-order valence-electron chi connectivity index (χ4n) is 3.11. The minimum Gasteiger partial charge on any atom is -0.490 e. The van der Waals surface area contributed by atoms with E-state index in [1.165, 1.54) is 11.8 Å². The maximum atomic E-state index is 13.2. The zero-order chi connectivity index (χ0) is 22.9. The molecule has 0 aromatic heterocycles. The lowest BCUT2D eigenvalue weighted by Gasteiger charge is -2.15. The van der Waals surface area contributed by atoms with Crippen molar-refractivity contribution in [3.8, 4) is 11.5 Å². The SMILES string of the molecule is CCOc1cc(Cl)c(/C=C2\SC(=Nc3ccccc3)N(CCCOC)C2=O)cc1OCC. The van der Waals surface area contributed by atoms with Crippen molar-refractivity contribution in [1.29, 1.82) is 0 Å². The van der Waals surface area contributed by atoms with E-state index >= 15 is 0 Å². The molecule has 0 spiro atoms. The molecule has 0 unspecified atom stereocenters. The second-order valence-corrected chi connectivity index (χ2v) is 8.25. The van der Waals surface area contributed by atoms with Crippen LogP contribution in [0.3, 0.4) is 0 Å². The number of nitrogens with zero attached hydrogens (tertiary/aromatic N) is 2. The predicted molar refractivity (Wildman–Crippen MR) is 131 cm³/mol. The number of amidine groups is 1. The molecule has 0 radical (unpaired) electrons. The van der Waals surface area contributed by atoms with Crippen LogP contribution in [0, 0.1) is 0 Å². The molecule has 1 fully saturated rings. The van der Waals surface area contributed by atoms with Gasteiger partial charge in [0.1, 0.15) is 0 Å². The summed E-state index contributed by atoms with van der Waals surface area (Å²) in [6.45, 7) is 5.88. The van der Waals surface area contributed by atoms with Gasteiger partial charge >= 0.3 is 0 Å². The summed E-state index contributed by atoms with van der Waals surface area (Å²) in [5, 5.41) is 1.12. The molecule has 3 rings (SSSR count). The number of halogens is 1. The first kappa shape index (κ1) is 24.2. The van der Waals surface area contributed by atoms with Crippen molar-refractivity contribution in [2.75, 3.05) is 33.5 Å². The van der Waals surface area contributed by atoms with E-state index in [1.54, 1.807) is 30.2 Å². The third-order valence-electron chi connectivity index (χ3n) is 4.55. The zero-order valence-electron chi connectivity index (χ0n) is 18.5. The van der Waals surface area contributed by atoms with Gasteiger partial charge in [0.15, 0.2) is 16.7 Å². The van der Waals surface area contributed by atoms with E-state index in [1.807, 2.05) is 44.2 Å². The minimum absolute atomic E-state index is 0.108. The van der Waals surface area contributed by atoms with Crippen LogP contribution in [0.4, 0.5) is 5.69 Å². The van der Waals surface area contributed by atoms with Crippen LogP contribution in [-0.4, -0.2) is 49.4 Å². The number of carbonyl (C=O) groups is 1. The summed E-state index contributed by atoms with van der Waals surface area (Å²) in [6.07, 6.45) is 2.49. The number of amides is 1. The van der Waals surface area contributed by atoms with Gasteiger partial charge in [0.05, 0.1) is 28.8 Å². The molecule has 1 aliphatic heterocycles. The first-order chi connectivity index (χ1) is 15.6. The number of hydrogen-bond donors (Lipinski definition) is 0. The summed E-state index contributed by atoms with van der Waals surface area (Å²) in [5.41, 5.74) is 1.48. The van der Waals surface area contributed by atoms with Crippen molar-refractivity contribution in [3.05, 3.63) is 58.0 Å². The van der Waals surface area contributed by atoms with E-state index in [4.69, 9.17) is 30.8 Å². The highest BCUT2D eigenvalue weighted by Crippen LogP contribution is 2.38. The highest BCUT2D eigenvalue weighted by molar-refractivity contribution is 8.18. The number of thioether (sulfide) groups is 1. The second-order valence-electron chi connectivity index (χ2n) is 6.83. The van der Waals surface area contributed by atoms with Crippen molar-refractivity contribution in [1.82, 2.24) is 4.90 Å². The topological polar surface area (TPSA) is 60.4 Å². The Hall–Kier alpha value is -2.48. The number of para-hydroxylation sites is 1. The van der Waals surface area contributed by atoms with Crippen molar-refractivity contribution < 1.29 is 19.0 Å². The Morgan fingerprint density at radius 1 is 1.09 bits per heavy atom. The van der Waals surface area contributed by atoms with Gasteiger partial charge in [0.2, 0.25) is 0 Å². The molecule has 1 aliphatic rings. The summed E-state index contributed by atoms with van der Waals surface area (Å²) in [4.78, 5) is 20.1. The molecule has 0 atom stereocenters. The van der Waals surface area contributed by atoms with Crippen LogP contribution in [0.25, 0.3) is 6.08 Å².